The standard InChI is InChI=1S/C18H19NO2/c1-13-9-14(2)11-17(10-13)15-3-6-19(7-4-15)18(20)16-5-8-21-12-16/h3,5,8-12H,4,6-7H2,1-2H3. The van der Waals surface area contributed by atoms with Gasteiger partial charge in [0, 0.05) is 13.1 Å². The molecule has 0 saturated heterocycles. The van der Waals surface area contributed by atoms with Crippen LogP contribution in [0.5, 0.6) is 0 Å². The van der Waals surface area contributed by atoms with Gasteiger partial charge >= 0.3 is 0 Å². The van der Waals surface area contributed by atoms with Gasteiger partial charge in [-0.1, -0.05) is 35.4 Å². The van der Waals surface area contributed by atoms with E-state index in [1.165, 1.54) is 34.8 Å². The molecule has 1 aromatic heterocycles. The van der Waals surface area contributed by atoms with E-state index in [0.29, 0.717) is 12.1 Å². The van der Waals surface area contributed by atoms with Gasteiger partial charge in [-0.15, -0.1) is 0 Å². The van der Waals surface area contributed by atoms with Gasteiger partial charge in [-0.3, -0.25) is 4.79 Å². The highest BCUT2D eigenvalue weighted by atomic mass is 16.3. The zero-order chi connectivity index (χ0) is 14.8. The van der Waals surface area contributed by atoms with E-state index in [-0.39, 0.29) is 5.91 Å². The highest BCUT2D eigenvalue weighted by Crippen LogP contribution is 2.25. The van der Waals surface area contributed by atoms with Crippen molar-refractivity contribution >= 4 is 11.5 Å². The second-order valence-electron chi connectivity index (χ2n) is 5.62. The fourth-order valence-electron chi connectivity index (χ4n) is 2.84. The summed E-state index contributed by atoms with van der Waals surface area (Å²) in [4.78, 5) is 14.1. The zero-order valence-corrected chi connectivity index (χ0v) is 12.4. The predicted molar refractivity (Wildman–Crippen MR) is 83.1 cm³/mol. The highest BCUT2D eigenvalue weighted by Gasteiger charge is 2.20. The molecule has 1 amide bonds. The summed E-state index contributed by atoms with van der Waals surface area (Å²) in [6, 6.07) is 8.33. The number of rotatable bonds is 2. The van der Waals surface area contributed by atoms with Gasteiger partial charge in [-0.2, -0.15) is 0 Å². The predicted octanol–water partition coefficient (Wildman–Crippen LogP) is 3.83. The zero-order valence-electron chi connectivity index (χ0n) is 12.4. The lowest BCUT2D eigenvalue weighted by Crippen LogP contribution is -2.34. The Morgan fingerprint density at radius 3 is 2.52 bits per heavy atom. The van der Waals surface area contributed by atoms with Crippen LogP contribution >= 0.6 is 0 Å². The molecule has 0 spiro atoms. The number of carbonyl (C=O) groups excluding carboxylic acids is 1. The van der Waals surface area contributed by atoms with E-state index in [9.17, 15) is 4.79 Å². The van der Waals surface area contributed by atoms with E-state index in [1.807, 2.05) is 4.90 Å². The molecule has 0 fully saturated rings. The van der Waals surface area contributed by atoms with Crippen molar-refractivity contribution < 1.29 is 9.21 Å². The Hall–Kier alpha value is -2.29. The molecule has 0 atom stereocenters. The fraction of sp³-hybridized carbons (Fsp3) is 0.278. The van der Waals surface area contributed by atoms with Crippen LogP contribution in [0.1, 0.15) is 33.5 Å². The molecule has 1 aliphatic heterocycles. The van der Waals surface area contributed by atoms with E-state index in [1.54, 1.807) is 6.07 Å². The summed E-state index contributed by atoms with van der Waals surface area (Å²) in [5, 5.41) is 0. The normalized spacial score (nSPS) is 15.0. The molecule has 0 unspecified atom stereocenters. The minimum absolute atomic E-state index is 0.0412. The van der Waals surface area contributed by atoms with Crippen LogP contribution in [0, 0.1) is 13.8 Å². The quantitative estimate of drug-likeness (QED) is 0.838. The van der Waals surface area contributed by atoms with Crippen molar-refractivity contribution in [2.75, 3.05) is 13.1 Å². The minimum atomic E-state index is 0.0412. The van der Waals surface area contributed by atoms with Crippen LogP contribution in [0.2, 0.25) is 0 Å². The van der Waals surface area contributed by atoms with Crippen LogP contribution in [0.3, 0.4) is 0 Å². The van der Waals surface area contributed by atoms with Crippen molar-refractivity contribution in [3.63, 3.8) is 0 Å². The molecular formula is C18H19NO2. The van der Waals surface area contributed by atoms with Crippen LogP contribution in [-0.4, -0.2) is 23.9 Å². The molecule has 1 aliphatic rings. The third-order valence-corrected chi connectivity index (χ3v) is 3.86. The van der Waals surface area contributed by atoms with E-state index in [4.69, 9.17) is 4.42 Å². The molecule has 0 radical (unpaired) electrons. The molecule has 0 saturated carbocycles. The first-order valence-corrected chi connectivity index (χ1v) is 7.22. The van der Waals surface area contributed by atoms with Gasteiger partial charge in [-0.25, -0.2) is 0 Å². The summed E-state index contributed by atoms with van der Waals surface area (Å²) in [6.45, 7) is 5.65. The number of hydrogen-bond acceptors (Lipinski definition) is 2. The number of furan rings is 1. The molecule has 0 bridgehead atoms. The number of benzene rings is 1. The molecular weight excluding hydrogens is 262 g/mol. The largest absolute Gasteiger partial charge is 0.472 e. The first-order valence-electron chi connectivity index (χ1n) is 7.22. The third-order valence-electron chi connectivity index (χ3n) is 3.86. The number of carbonyl (C=O) groups is 1. The number of nitrogens with zero attached hydrogens (tertiary/aromatic N) is 1. The van der Waals surface area contributed by atoms with Gasteiger partial charge in [0.1, 0.15) is 6.26 Å². The number of amides is 1. The Balaban J connectivity index is 1.76. The highest BCUT2D eigenvalue weighted by molar-refractivity contribution is 5.94. The van der Waals surface area contributed by atoms with Gasteiger partial charge in [0.15, 0.2) is 0 Å². The molecule has 1 aromatic carbocycles. The van der Waals surface area contributed by atoms with Gasteiger partial charge in [0.05, 0.1) is 11.8 Å². The summed E-state index contributed by atoms with van der Waals surface area (Å²) in [6.07, 6.45) is 6.10. The maximum absolute atomic E-state index is 12.2. The molecule has 0 aliphatic carbocycles. The number of hydrogen-bond donors (Lipinski definition) is 0. The lowest BCUT2D eigenvalue weighted by Gasteiger charge is -2.26. The van der Waals surface area contributed by atoms with E-state index < -0.39 is 0 Å². The lowest BCUT2D eigenvalue weighted by atomic mass is 9.96. The van der Waals surface area contributed by atoms with Crippen molar-refractivity contribution in [1.29, 1.82) is 0 Å². The Labute approximate surface area is 124 Å². The fourth-order valence-corrected chi connectivity index (χ4v) is 2.84. The Morgan fingerprint density at radius 2 is 1.95 bits per heavy atom. The van der Waals surface area contributed by atoms with E-state index >= 15 is 0 Å². The number of aryl methyl sites for hydroxylation is 2. The minimum Gasteiger partial charge on any atom is -0.472 e. The maximum Gasteiger partial charge on any atom is 0.257 e. The summed E-state index contributed by atoms with van der Waals surface area (Å²) < 4.78 is 4.98. The van der Waals surface area contributed by atoms with Crippen LogP contribution in [0.4, 0.5) is 0 Å². The van der Waals surface area contributed by atoms with Crippen molar-refractivity contribution in [3.8, 4) is 0 Å². The van der Waals surface area contributed by atoms with Gasteiger partial charge < -0.3 is 9.32 Å². The first kappa shape index (κ1) is 13.7. The lowest BCUT2D eigenvalue weighted by molar-refractivity contribution is 0.0772. The van der Waals surface area contributed by atoms with Gasteiger partial charge in [0.2, 0.25) is 0 Å². The second-order valence-corrected chi connectivity index (χ2v) is 5.62. The Bertz CT molecular complexity index is 663. The molecule has 3 rings (SSSR count). The van der Waals surface area contributed by atoms with Crippen molar-refractivity contribution in [2.24, 2.45) is 0 Å². The van der Waals surface area contributed by atoms with Gasteiger partial charge in [0.25, 0.3) is 5.91 Å². The average molecular weight is 281 g/mol. The smallest absolute Gasteiger partial charge is 0.257 e. The summed E-state index contributed by atoms with van der Waals surface area (Å²) >= 11 is 0. The van der Waals surface area contributed by atoms with Crippen LogP contribution in [0.15, 0.2) is 47.3 Å². The molecule has 2 heterocycles. The van der Waals surface area contributed by atoms with E-state index in [2.05, 4.69) is 38.1 Å². The third kappa shape index (κ3) is 2.92. The van der Waals surface area contributed by atoms with Crippen molar-refractivity contribution in [1.82, 2.24) is 4.90 Å². The van der Waals surface area contributed by atoms with E-state index in [0.717, 1.165) is 13.0 Å². The topological polar surface area (TPSA) is 33.5 Å². The van der Waals surface area contributed by atoms with Crippen molar-refractivity contribution in [3.05, 3.63) is 65.1 Å². The molecule has 3 nitrogen and oxygen atoms in total. The summed E-state index contributed by atoms with van der Waals surface area (Å²) in [5.74, 6) is 0.0412. The van der Waals surface area contributed by atoms with Crippen molar-refractivity contribution in [2.45, 2.75) is 20.3 Å². The molecule has 21 heavy (non-hydrogen) atoms. The second kappa shape index (κ2) is 5.60. The Morgan fingerprint density at radius 1 is 1.19 bits per heavy atom. The van der Waals surface area contributed by atoms with Crippen LogP contribution in [0.25, 0.3) is 5.57 Å². The van der Waals surface area contributed by atoms with Crippen LogP contribution < -0.4 is 0 Å². The first-order chi connectivity index (χ1) is 10.1. The average Bonchev–Trinajstić information content (AvgIpc) is 3.00. The Kier molecular flexibility index (Phi) is 3.65. The molecule has 2 aromatic rings. The SMILES string of the molecule is Cc1cc(C)cc(C2=CCN(C(=O)c3ccoc3)CC2)c1. The summed E-state index contributed by atoms with van der Waals surface area (Å²) in [7, 11) is 0. The van der Waals surface area contributed by atoms with Crippen LogP contribution in [-0.2, 0) is 0 Å². The molecule has 3 heteroatoms. The maximum atomic E-state index is 12.2. The summed E-state index contributed by atoms with van der Waals surface area (Å²) in [5.41, 5.74) is 5.80. The molecule has 0 N–H and O–H groups in total. The molecule has 108 valence electrons. The monoisotopic (exact) mass is 281 g/mol. The van der Waals surface area contributed by atoms with Gasteiger partial charge in [-0.05, 0) is 37.5 Å².